The van der Waals surface area contributed by atoms with E-state index in [0.29, 0.717) is 0 Å². The van der Waals surface area contributed by atoms with Crippen molar-refractivity contribution in [3.05, 3.63) is 124 Å². The molecule has 0 spiro atoms. The lowest BCUT2D eigenvalue weighted by molar-refractivity contribution is 0.629. The lowest BCUT2D eigenvalue weighted by Crippen LogP contribution is -2.02. The molecule has 0 amide bonds. The molecule has 5 heteroatoms. The van der Waals surface area contributed by atoms with Crippen LogP contribution in [0.3, 0.4) is 0 Å². The highest BCUT2D eigenvalue weighted by molar-refractivity contribution is 7.10. The summed E-state index contributed by atoms with van der Waals surface area (Å²) in [6, 6.07) is 28.9. The molecule has 1 atom stereocenters. The van der Waals surface area contributed by atoms with Gasteiger partial charge in [0, 0.05) is 22.9 Å². The Morgan fingerprint density at radius 3 is 1.82 bits per heavy atom. The van der Waals surface area contributed by atoms with Crippen LogP contribution in [0.2, 0.25) is 0 Å². The molecule has 1 unspecified atom stereocenters. The van der Waals surface area contributed by atoms with Gasteiger partial charge in [0.15, 0.2) is 0 Å². The van der Waals surface area contributed by atoms with Crippen LogP contribution in [-0.4, -0.2) is 9.38 Å². The highest BCUT2D eigenvalue weighted by Crippen LogP contribution is 2.52. The zero-order chi connectivity index (χ0) is 30.9. The molecule has 0 bridgehead atoms. The fourth-order valence-electron chi connectivity index (χ4n) is 7.10. The number of aryl methyl sites for hydroxylation is 6. The summed E-state index contributed by atoms with van der Waals surface area (Å²) >= 11 is 0. The topological polar surface area (TPSA) is 26.5 Å². The molecule has 0 aliphatic carbocycles. The number of benzene rings is 5. The van der Waals surface area contributed by atoms with Crippen LogP contribution in [0.5, 0.6) is 5.75 Å². The second-order valence-corrected chi connectivity index (χ2v) is 12.4. The summed E-state index contributed by atoms with van der Waals surface area (Å²) in [5, 5.41) is 2.16. The maximum Gasteiger partial charge on any atom is 0.141 e. The van der Waals surface area contributed by atoms with E-state index in [1.54, 1.807) is 12.1 Å². The van der Waals surface area contributed by atoms with Gasteiger partial charge in [0.2, 0.25) is 0 Å². The van der Waals surface area contributed by atoms with Crippen LogP contribution in [0.4, 0.5) is 4.39 Å². The highest BCUT2D eigenvalue weighted by Gasteiger charge is 2.27. The molecule has 0 N–H and O–H groups in total. The molecular weight excluding hydrogens is 562 g/mol. The molecule has 218 valence electrons. The van der Waals surface area contributed by atoms with Crippen LogP contribution in [0.25, 0.3) is 60.8 Å². The van der Waals surface area contributed by atoms with Crippen LogP contribution >= 0.6 is 9.47 Å². The SMILES string of the molecule is Cc1cc(C)cc(-c2c(OP)c(-c3nc4ccc(F)cc4n4c(C)cc(C)c34)c3ccccc3c2-c2cc(C)cc(C)c2)c1. The maximum atomic E-state index is 14.6. The first-order valence-corrected chi connectivity index (χ1v) is 15.3. The zero-order valence-electron chi connectivity index (χ0n) is 25.8. The van der Waals surface area contributed by atoms with E-state index < -0.39 is 0 Å². The summed E-state index contributed by atoms with van der Waals surface area (Å²) in [5.74, 6) is 0.454. The molecule has 0 aliphatic rings. The van der Waals surface area contributed by atoms with Gasteiger partial charge < -0.3 is 8.92 Å². The Morgan fingerprint density at radius 2 is 1.23 bits per heavy atom. The van der Waals surface area contributed by atoms with Gasteiger partial charge in [-0.2, -0.15) is 0 Å². The van der Waals surface area contributed by atoms with Crippen molar-refractivity contribution >= 4 is 36.8 Å². The summed E-state index contributed by atoms with van der Waals surface area (Å²) in [7, 11) is 2.52. The Morgan fingerprint density at radius 1 is 0.659 bits per heavy atom. The molecule has 0 fully saturated rings. The lowest BCUT2D eigenvalue weighted by Gasteiger charge is -2.24. The number of hydrogen-bond donors (Lipinski definition) is 0. The first-order valence-electron chi connectivity index (χ1n) is 14.9. The minimum absolute atomic E-state index is 0.284. The third-order valence-corrected chi connectivity index (χ3v) is 8.79. The van der Waals surface area contributed by atoms with Gasteiger partial charge >= 0.3 is 0 Å². The number of rotatable bonds is 4. The first kappa shape index (κ1) is 28.3. The van der Waals surface area contributed by atoms with Crippen molar-refractivity contribution in [3.8, 4) is 39.3 Å². The van der Waals surface area contributed by atoms with Gasteiger partial charge in [-0.15, -0.1) is 0 Å². The Balaban J connectivity index is 1.75. The predicted octanol–water partition coefficient (Wildman–Crippen LogP) is 10.8. The number of aromatic nitrogens is 2. The van der Waals surface area contributed by atoms with Gasteiger partial charge in [0.25, 0.3) is 0 Å². The lowest BCUT2D eigenvalue weighted by atomic mass is 9.84. The summed E-state index contributed by atoms with van der Waals surface area (Å²) in [6.45, 7) is 12.7. The smallest absolute Gasteiger partial charge is 0.141 e. The minimum Gasteiger partial charge on any atom is -0.479 e. The Hall–Kier alpha value is -4.53. The maximum absolute atomic E-state index is 14.6. The van der Waals surface area contributed by atoms with E-state index in [2.05, 4.69) is 122 Å². The van der Waals surface area contributed by atoms with E-state index in [-0.39, 0.29) is 5.82 Å². The monoisotopic (exact) mass is 596 g/mol. The Labute approximate surface area is 259 Å². The summed E-state index contributed by atoms with van der Waals surface area (Å²) in [5.41, 5.74) is 15.4. The largest absolute Gasteiger partial charge is 0.479 e. The Kier molecular flexibility index (Phi) is 6.79. The first-order chi connectivity index (χ1) is 21.1. The number of hydrogen-bond acceptors (Lipinski definition) is 2. The number of halogens is 1. The van der Waals surface area contributed by atoms with E-state index in [1.165, 1.54) is 28.3 Å². The quantitative estimate of drug-likeness (QED) is 0.189. The minimum atomic E-state index is -0.284. The Bertz CT molecular complexity index is 2260. The van der Waals surface area contributed by atoms with Crippen LogP contribution < -0.4 is 4.52 Å². The van der Waals surface area contributed by atoms with E-state index in [9.17, 15) is 4.39 Å². The molecule has 0 radical (unpaired) electrons. The summed E-state index contributed by atoms with van der Waals surface area (Å²) in [6.07, 6.45) is 0. The van der Waals surface area contributed by atoms with Crippen molar-refractivity contribution in [2.24, 2.45) is 0 Å². The molecular formula is C39H34FN2OP. The average Bonchev–Trinajstić information content (AvgIpc) is 3.28. The van der Waals surface area contributed by atoms with Crippen molar-refractivity contribution in [3.63, 3.8) is 0 Å². The number of nitrogens with zero attached hydrogens (tertiary/aromatic N) is 2. The third-order valence-electron chi connectivity index (χ3n) is 8.56. The van der Waals surface area contributed by atoms with Gasteiger partial charge in [-0.1, -0.05) is 82.9 Å². The molecule has 5 aromatic carbocycles. The van der Waals surface area contributed by atoms with Crippen molar-refractivity contribution in [1.29, 1.82) is 0 Å². The molecule has 2 heterocycles. The van der Waals surface area contributed by atoms with E-state index >= 15 is 0 Å². The highest BCUT2D eigenvalue weighted by atomic mass is 31.0. The number of fused-ring (bicyclic) bond motifs is 4. The van der Waals surface area contributed by atoms with Crippen LogP contribution in [-0.2, 0) is 0 Å². The van der Waals surface area contributed by atoms with Crippen molar-refractivity contribution in [1.82, 2.24) is 9.38 Å². The van der Waals surface area contributed by atoms with E-state index in [1.807, 2.05) is 0 Å². The van der Waals surface area contributed by atoms with Crippen LogP contribution in [0, 0.1) is 47.4 Å². The standard InChI is InChI=1S/C39H34FN2OP/c1-21-13-22(2)16-27(15-21)34-30-9-7-8-10-31(30)36(39(43-44)35(34)28-17-23(3)14-24(4)18-28)37-38-25(5)19-26(6)42(38)33-20-29(40)11-12-32(33)41-37/h7-20H,44H2,1-6H3. The van der Waals surface area contributed by atoms with Gasteiger partial charge in [0.05, 0.1) is 37.3 Å². The van der Waals surface area contributed by atoms with Gasteiger partial charge in [-0.3, -0.25) is 0 Å². The zero-order valence-corrected chi connectivity index (χ0v) is 27.0. The van der Waals surface area contributed by atoms with Crippen LogP contribution in [0.15, 0.2) is 84.9 Å². The molecule has 7 rings (SSSR count). The third kappa shape index (κ3) is 4.48. The van der Waals surface area contributed by atoms with Crippen LogP contribution in [0.1, 0.15) is 33.5 Å². The molecule has 44 heavy (non-hydrogen) atoms. The fraction of sp³-hybridized carbons (Fsp3) is 0.154. The van der Waals surface area contributed by atoms with Crippen molar-refractivity contribution in [2.75, 3.05) is 0 Å². The molecule has 0 saturated heterocycles. The fourth-order valence-corrected chi connectivity index (χ4v) is 7.34. The molecule has 7 aromatic rings. The van der Waals surface area contributed by atoms with Gasteiger partial charge in [-0.05, 0) is 87.2 Å². The van der Waals surface area contributed by atoms with E-state index in [4.69, 9.17) is 9.51 Å². The molecule has 0 saturated carbocycles. The normalized spacial score (nSPS) is 11.6. The van der Waals surface area contributed by atoms with Crippen molar-refractivity contribution in [2.45, 2.75) is 41.5 Å². The second-order valence-electron chi connectivity index (χ2n) is 12.1. The summed E-state index contributed by atoms with van der Waals surface area (Å²) < 4.78 is 23.1. The summed E-state index contributed by atoms with van der Waals surface area (Å²) in [4.78, 5) is 5.27. The predicted molar refractivity (Wildman–Crippen MR) is 185 cm³/mol. The van der Waals surface area contributed by atoms with Gasteiger partial charge in [0.1, 0.15) is 11.6 Å². The molecule has 0 aliphatic heterocycles. The van der Waals surface area contributed by atoms with Crippen molar-refractivity contribution < 1.29 is 8.91 Å². The molecule has 3 nitrogen and oxygen atoms in total. The second kappa shape index (κ2) is 10.6. The van der Waals surface area contributed by atoms with Gasteiger partial charge in [-0.25, -0.2) is 9.37 Å². The molecule has 2 aromatic heterocycles. The average molecular weight is 597 g/mol. The van der Waals surface area contributed by atoms with E-state index in [0.717, 1.165) is 77.8 Å².